The van der Waals surface area contributed by atoms with Gasteiger partial charge in [0.1, 0.15) is 0 Å². The molecule has 0 aromatic carbocycles. The number of rotatable bonds is 3. The summed E-state index contributed by atoms with van der Waals surface area (Å²) in [4.78, 5) is 14.9. The smallest absolute Gasteiger partial charge is 0.306 e. The number of aliphatic carboxylic acids is 1. The third-order valence-corrected chi connectivity index (χ3v) is 3.54. The summed E-state index contributed by atoms with van der Waals surface area (Å²) in [7, 11) is 0. The minimum atomic E-state index is -0.650. The Balaban J connectivity index is 1.81. The predicted octanol–water partition coefficient (Wildman–Crippen LogP) is 2.20. The van der Waals surface area contributed by atoms with E-state index in [9.17, 15) is 4.79 Å². The van der Waals surface area contributed by atoms with Crippen molar-refractivity contribution in [1.29, 1.82) is 0 Å². The van der Waals surface area contributed by atoms with Crippen LogP contribution < -0.4 is 5.32 Å². The molecule has 2 rings (SSSR count). The highest BCUT2D eigenvalue weighted by atomic mass is 32.1. The Labute approximate surface area is 92.3 Å². The van der Waals surface area contributed by atoms with Gasteiger partial charge in [-0.05, 0) is 25.7 Å². The van der Waals surface area contributed by atoms with Crippen LogP contribution in [-0.2, 0) is 4.79 Å². The fraction of sp³-hybridized carbons (Fsp3) is 0.600. The first kappa shape index (κ1) is 10.4. The van der Waals surface area contributed by atoms with Crippen LogP contribution in [0.15, 0.2) is 11.6 Å². The van der Waals surface area contributed by atoms with Crippen LogP contribution in [0.25, 0.3) is 0 Å². The average molecular weight is 226 g/mol. The van der Waals surface area contributed by atoms with E-state index in [1.807, 2.05) is 5.38 Å². The van der Waals surface area contributed by atoms with Crippen LogP contribution in [0.1, 0.15) is 25.7 Å². The Bertz CT molecular complexity index is 318. The predicted molar refractivity (Wildman–Crippen MR) is 59.1 cm³/mol. The highest BCUT2D eigenvalue weighted by Gasteiger charge is 2.25. The summed E-state index contributed by atoms with van der Waals surface area (Å²) in [5.41, 5.74) is 0. The van der Waals surface area contributed by atoms with E-state index in [1.165, 1.54) is 0 Å². The van der Waals surface area contributed by atoms with Gasteiger partial charge in [0.2, 0.25) is 0 Å². The van der Waals surface area contributed by atoms with Crippen LogP contribution in [-0.4, -0.2) is 22.1 Å². The maximum Gasteiger partial charge on any atom is 0.306 e. The molecular weight excluding hydrogens is 212 g/mol. The summed E-state index contributed by atoms with van der Waals surface area (Å²) in [6.07, 6.45) is 5.18. The third-order valence-electron chi connectivity index (χ3n) is 2.84. The first-order chi connectivity index (χ1) is 7.25. The Kier molecular flexibility index (Phi) is 3.20. The second-order valence-electron chi connectivity index (χ2n) is 3.87. The van der Waals surface area contributed by atoms with Gasteiger partial charge < -0.3 is 10.4 Å². The van der Waals surface area contributed by atoms with Crippen molar-refractivity contribution in [2.45, 2.75) is 31.7 Å². The molecule has 0 amide bonds. The maximum atomic E-state index is 10.7. The summed E-state index contributed by atoms with van der Waals surface area (Å²) in [6.45, 7) is 0. The van der Waals surface area contributed by atoms with Gasteiger partial charge in [-0.3, -0.25) is 4.79 Å². The summed E-state index contributed by atoms with van der Waals surface area (Å²) in [5.74, 6) is -0.790. The fourth-order valence-electron chi connectivity index (χ4n) is 1.95. The molecule has 0 atom stereocenters. The second-order valence-corrected chi connectivity index (χ2v) is 4.76. The van der Waals surface area contributed by atoms with Gasteiger partial charge in [-0.25, -0.2) is 4.98 Å². The van der Waals surface area contributed by atoms with Crippen molar-refractivity contribution in [3.05, 3.63) is 11.6 Å². The molecular formula is C10H14N2O2S. The highest BCUT2D eigenvalue weighted by Crippen LogP contribution is 2.27. The molecule has 15 heavy (non-hydrogen) atoms. The lowest BCUT2D eigenvalue weighted by molar-refractivity contribution is -0.142. The van der Waals surface area contributed by atoms with Crippen molar-refractivity contribution in [1.82, 2.24) is 4.98 Å². The lowest BCUT2D eigenvalue weighted by Gasteiger charge is -2.26. The molecule has 0 radical (unpaired) electrons. The fourth-order valence-corrected chi connectivity index (χ4v) is 2.56. The van der Waals surface area contributed by atoms with Crippen LogP contribution >= 0.6 is 11.3 Å². The molecule has 1 aliphatic carbocycles. The maximum absolute atomic E-state index is 10.7. The number of carboxylic acid groups (broad SMARTS) is 1. The summed E-state index contributed by atoms with van der Waals surface area (Å²) in [6, 6.07) is 0.395. The molecule has 1 aromatic heterocycles. The summed E-state index contributed by atoms with van der Waals surface area (Å²) in [5, 5.41) is 15.1. The number of thiazole rings is 1. The Hall–Kier alpha value is -1.10. The molecule has 0 unspecified atom stereocenters. The van der Waals surface area contributed by atoms with Crippen molar-refractivity contribution in [3.63, 3.8) is 0 Å². The van der Waals surface area contributed by atoms with E-state index in [2.05, 4.69) is 10.3 Å². The van der Waals surface area contributed by atoms with Crippen molar-refractivity contribution >= 4 is 22.4 Å². The zero-order valence-corrected chi connectivity index (χ0v) is 9.17. The van der Waals surface area contributed by atoms with Gasteiger partial charge in [-0.1, -0.05) is 0 Å². The molecule has 82 valence electrons. The molecule has 1 fully saturated rings. The first-order valence-corrected chi connectivity index (χ1v) is 6.02. The van der Waals surface area contributed by atoms with E-state index in [1.54, 1.807) is 17.5 Å². The Morgan fingerprint density at radius 3 is 2.73 bits per heavy atom. The normalized spacial score (nSPS) is 26.1. The molecule has 0 bridgehead atoms. The van der Waals surface area contributed by atoms with Crippen molar-refractivity contribution < 1.29 is 9.90 Å². The molecule has 2 N–H and O–H groups in total. The van der Waals surface area contributed by atoms with Gasteiger partial charge in [-0.15, -0.1) is 11.3 Å². The molecule has 1 aromatic rings. The van der Waals surface area contributed by atoms with E-state index >= 15 is 0 Å². The SMILES string of the molecule is O=C(O)[C@H]1CC[C@@H](Nc2nccs2)CC1. The quantitative estimate of drug-likeness (QED) is 0.829. The van der Waals surface area contributed by atoms with E-state index in [0.717, 1.165) is 30.8 Å². The minimum Gasteiger partial charge on any atom is -0.481 e. The molecule has 0 spiro atoms. The first-order valence-electron chi connectivity index (χ1n) is 5.14. The van der Waals surface area contributed by atoms with Crippen molar-refractivity contribution in [3.8, 4) is 0 Å². The molecule has 0 aliphatic heterocycles. The molecule has 5 heteroatoms. The number of hydrogen-bond acceptors (Lipinski definition) is 4. The Morgan fingerprint density at radius 1 is 1.47 bits per heavy atom. The largest absolute Gasteiger partial charge is 0.481 e. The third kappa shape index (κ3) is 2.68. The number of aromatic nitrogens is 1. The van der Waals surface area contributed by atoms with E-state index in [4.69, 9.17) is 5.11 Å². The van der Waals surface area contributed by atoms with Crippen molar-refractivity contribution in [2.75, 3.05) is 5.32 Å². The van der Waals surface area contributed by atoms with Gasteiger partial charge in [0.05, 0.1) is 5.92 Å². The zero-order valence-electron chi connectivity index (χ0n) is 8.35. The van der Waals surface area contributed by atoms with Gasteiger partial charge in [-0.2, -0.15) is 0 Å². The minimum absolute atomic E-state index is 0.139. The van der Waals surface area contributed by atoms with E-state index in [0.29, 0.717) is 6.04 Å². The Morgan fingerprint density at radius 2 is 2.20 bits per heavy atom. The topological polar surface area (TPSA) is 62.2 Å². The lowest BCUT2D eigenvalue weighted by Crippen LogP contribution is -2.29. The molecule has 4 nitrogen and oxygen atoms in total. The van der Waals surface area contributed by atoms with Gasteiger partial charge in [0, 0.05) is 17.6 Å². The number of nitrogens with zero attached hydrogens (tertiary/aromatic N) is 1. The molecule has 1 saturated carbocycles. The number of carbonyl (C=O) groups is 1. The van der Waals surface area contributed by atoms with Crippen LogP contribution in [0.4, 0.5) is 5.13 Å². The monoisotopic (exact) mass is 226 g/mol. The van der Waals surface area contributed by atoms with Gasteiger partial charge >= 0.3 is 5.97 Å². The van der Waals surface area contributed by atoms with Crippen molar-refractivity contribution in [2.24, 2.45) is 5.92 Å². The number of hydrogen-bond donors (Lipinski definition) is 2. The summed E-state index contributed by atoms with van der Waals surface area (Å²) < 4.78 is 0. The van der Waals surface area contributed by atoms with E-state index in [-0.39, 0.29) is 5.92 Å². The van der Waals surface area contributed by atoms with Gasteiger partial charge in [0.15, 0.2) is 5.13 Å². The molecule has 1 heterocycles. The molecule has 0 saturated heterocycles. The highest BCUT2D eigenvalue weighted by molar-refractivity contribution is 7.13. The average Bonchev–Trinajstić information content (AvgIpc) is 2.71. The van der Waals surface area contributed by atoms with Gasteiger partial charge in [0.25, 0.3) is 0 Å². The second kappa shape index (κ2) is 4.61. The number of anilines is 1. The zero-order chi connectivity index (χ0) is 10.7. The van der Waals surface area contributed by atoms with Crippen LogP contribution in [0.3, 0.4) is 0 Å². The van der Waals surface area contributed by atoms with Crippen LogP contribution in [0, 0.1) is 5.92 Å². The number of carboxylic acids is 1. The molecule has 1 aliphatic rings. The van der Waals surface area contributed by atoms with E-state index < -0.39 is 5.97 Å². The van der Waals surface area contributed by atoms with Crippen LogP contribution in [0.2, 0.25) is 0 Å². The van der Waals surface area contributed by atoms with Crippen LogP contribution in [0.5, 0.6) is 0 Å². The number of nitrogens with one attached hydrogen (secondary N) is 1. The summed E-state index contributed by atoms with van der Waals surface area (Å²) >= 11 is 1.59. The lowest BCUT2D eigenvalue weighted by atomic mass is 9.86. The standard InChI is InChI=1S/C10H14N2O2S/c13-9(14)7-1-3-8(4-2-7)12-10-11-5-6-15-10/h5-8H,1-4H2,(H,11,12)(H,13,14)/t7-,8+.